The van der Waals surface area contributed by atoms with Gasteiger partial charge < -0.3 is 14.6 Å². The van der Waals surface area contributed by atoms with Crippen molar-refractivity contribution < 1.29 is 14.6 Å². The highest BCUT2D eigenvalue weighted by atomic mass is 35.5. The van der Waals surface area contributed by atoms with Crippen molar-refractivity contribution in [1.29, 1.82) is 0 Å². The van der Waals surface area contributed by atoms with Crippen LogP contribution in [0.25, 0.3) is 0 Å². The molecule has 0 aromatic heterocycles. The van der Waals surface area contributed by atoms with Gasteiger partial charge in [0.25, 0.3) is 0 Å². The second kappa shape index (κ2) is 15.2. The van der Waals surface area contributed by atoms with Crippen molar-refractivity contribution in [2.75, 3.05) is 38.9 Å². The Morgan fingerprint density at radius 2 is 1.12 bits per heavy atom. The van der Waals surface area contributed by atoms with Gasteiger partial charge in [0.15, 0.2) is 0 Å². The molecule has 0 radical (unpaired) electrons. The quantitative estimate of drug-likeness (QED) is 0.405. The standard InChI is InChI=1S/C12H25ClO3/c13-7-1-3-9-15-11-5-6-12-16-10-4-2-8-14/h14H,1-12H2. The Morgan fingerprint density at radius 1 is 0.688 bits per heavy atom. The van der Waals surface area contributed by atoms with Gasteiger partial charge in [-0.3, -0.25) is 0 Å². The first-order valence-corrected chi connectivity index (χ1v) is 6.77. The van der Waals surface area contributed by atoms with Crippen LogP contribution in [0.5, 0.6) is 0 Å². The maximum absolute atomic E-state index is 8.55. The SMILES string of the molecule is OCCCCOCCCCOCCCCCl. The minimum atomic E-state index is 0.263. The number of rotatable bonds is 13. The van der Waals surface area contributed by atoms with Gasteiger partial charge in [0.1, 0.15) is 0 Å². The second-order valence-corrected chi connectivity index (χ2v) is 4.14. The lowest BCUT2D eigenvalue weighted by atomic mass is 10.3. The molecule has 0 aliphatic rings. The summed E-state index contributed by atoms with van der Waals surface area (Å²) in [6.07, 6.45) is 5.99. The van der Waals surface area contributed by atoms with Crippen LogP contribution in [-0.2, 0) is 9.47 Å². The highest BCUT2D eigenvalue weighted by Gasteiger charge is 1.92. The van der Waals surface area contributed by atoms with E-state index in [0.29, 0.717) is 0 Å². The van der Waals surface area contributed by atoms with E-state index in [2.05, 4.69) is 0 Å². The molecule has 0 amide bonds. The molecule has 0 rings (SSSR count). The molecule has 4 heteroatoms. The smallest absolute Gasteiger partial charge is 0.0466 e. The molecule has 16 heavy (non-hydrogen) atoms. The van der Waals surface area contributed by atoms with Crippen LogP contribution in [0.4, 0.5) is 0 Å². The van der Waals surface area contributed by atoms with E-state index in [4.69, 9.17) is 26.2 Å². The zero-order valence-electron chi connectivity index (χ0n) is 10.1. The number of ether oxygens (including phenoxy) is 2. The number of hydrogen-bond acceptors (Lipinski definition) is 3. The maximum atomic E-state index is 8.55. The largest absolute Gasteiger partial charge is 0.396 e. The number of hydrogen-bond donors (Lipinski definition) is 1. The number of alkyl halides is 1. The molecule has 0 saturated heterocycles. The third-order valence-corrected chi connectivity index (χ3v) is 2.46. The molecule has 3 nitrogen and oxygen atoms in total. The monoisotopic (exact) mass is 252 g/mol. The van der Waals surface area contributed by atoms with E-state index in [1.54, 1.807) is 0 Å². The van der Waals surface area contributed by atoms with E-state index in [0.717, 1.165) is 70.8 Å². The Balaban J connectivity index is 2.83. The van der Waals surface area contributed by atoms with Gasteiger partial charge in [0.2, 0.25) is 0 Å². The molecule has 0 aliphatic heterocycles. The van der Waals surface area contributed by atoms with Crippen molar-refractivity contribution in [2.45, 2.75) is 38.5 Å². The molecule has 0 aromatic carbocycles. The Kier molecular flexibility index (Phi) is 15.3. The molecular formula is C12H25ClO3. The Bertz CT molecular complexity index is 109. The van der Waals surface area contributed by atoms with Gasteiger partial charge in [-0.1, -0.05) is 0 Å². The number of halogens is 1. The van der Waals surface area contributed by atoms with Crippen LogP contribution < -0.4 is 0 Å². The van der Waals surface area contributed by atoms with Crippen molar-refractivity contribution in [3.8, 4) is 0 Å². The first-order valence-electron chi connectivity index (χ1n) is 6.24. The summed E-state index contributed by atoms with van der Waals surface area (Å²) in [6.45, 7) is 3.47. The van der Waals surface area contributed by atoms with Crippen LogP contribution in [0.15, 0.2) is 0 Å². The van der Waals surface area contributed by atoms with Gasteiger partial charge in [-0.15, -0.1) is 11.6 Å². The summed E-state index contributed by atoms with van der Waals surface area (Å²) in [4.78, 5) is 0. The van der Waals surface area contributed by atoms with Crippen LogP contribution in [0.3, 0.4) is 0 Å². The van der Waals surface area contributed by atoms with E-state index in [9.17, 15) is 0 Å². The van der Waals surface area contributed by atoms with Crippen molar-refractivity contribution in [3.05, 3.63) is 0 Å². The summed E-state index contributed by atoms with van der Waals surface area (Å²) in [5.41, 5.74) is 0. The predicted molar refractivity (Wildman–Crippen MR) is 67.1 cm³/mol. The van der Waals surface area contributed by atoms with Crippen LogP contribution in [0.2, 0.25) is 0 Å². The third-order valence-electron chi connectivity index (χ3n) is 2.20. The third kappa shape index (κ3) is 14.2. The van der Waals surface area contributed by atoms with E-state index in [-0.39, 0.29) is 6.61 Å². The topological polar surface area (TPSA) is 38.7 Å². The zero-order chi connectivity index (χ0) is 11.9. The lowest BCUT2D eigenvalue weighted by Crippen LogP contribution is -2.01. The fourth-order valence-corrected chi connectivity index (χ4v) is 1.42. The normalized spacial score (nSPS) is 10.9. The van der Waals surface area contributed by atoms with Crippen molar-refractivity contribution in [1.82, 2.24) is 0 Å². The van der Waals surface area contributed by atoms with E-state index in [1.165, 1.54) is 0 Å². The van der Waals surface area contributed by atoms with Gasteiger partial charge in [0, 0.05) is 38.9 Å². The van der Waals surface area contributed by atoms with E-state index in [1.807, 2.05) is 0 Å². The zero-order valence-corrected chi connectivity index (χ0v) is 10.9. The lowest BCUT2D eigenvalue weighted by molar-refractivity contribution is 0.0980. The molecule has 0 aromatic rings. The average molecular weight is 253 g/mol. The summed E-state index contributed by atoms with van der Waals surface area (Å²) in [5, 5.41) is 8.55. The maximum Gasteiger partial charge on any atom is 0.0466 e. The number of unbranched alkanes of at least 4 members (excludes halogenated alkanes) is 3. The highest BCUT2D eigenvalue weighted by Crippen LogP contribution is 1.96. The molecule has 0 bridgehead atoms. The molecule has 0 unspecified atom stereocenters. The van der Waals surface area contributed by atoms with Gasteiger partial charge in [0.05, 0.1) is 0 Å². The molecule has 0 atom stereocenters. The molecule has 0 fully saturated rings. The molecule has 0 spiro atoms. The summed E-state index contributed by atoms with van der Waals surface area (Å²) in [6, 6.07) is 0. The minimum absolute atomic E-state index is 0.263. The predicted octanol–water partition coefficient (Wildman–Crippen LogP) is 2.59. The van der Waals surface area contributed by atoms with Crippen LogP contribution in [-0.4, -0.2) is 44.0 Å². The van der Waals surface area contributed by atoms with Gasteiger partial charge in [-0.05, 0) is 38.5 Å². The van der Waals surface area contributed by atoms with Gasteiger partial charge >= 0.3 is 0 Å². The van der Waals surface area contributed by atoms with Crippen LogP contribution in [0.1, 0.15) is 38.5 Å². The fraction of sp³-hybridized carbons (Fsp3) is 1.00. The minimum Gasteiger partial charge on any atom is -0.396 e. The van der Waals surface area contributed by atoms with Crippen molar-refractivity contribution >= 4 is 11.6 Å². The number of aliphatic hydroxyl groups is 1. The summed E-state index contributed by atoms with van der Waals surface area (Å²) >= 11 is 5.55. The van der Waals surface area contributed by atoms with Crippen molar-refractivity contribution in [2.24, 2.45) is 0 Å². The molecule has 0 saturated carbocycles. The second-order valence-electron chi connectivity index (χ2n) is 3.76. The Labute approximate surface area is 104 Å². The summed E-state index contributed by atoms with van der Waals surface area (Å²) in [5.74, 6) is 0.727. The van der Waals surface area contributed by atoms with Crippen LogP contribution in [0, 0.1) is 0 Å². The first-order chi connectivity index (χ1) is 7.91. The summed E-state index contributed by atoms with van der Waals surface area (Å²) < 4.78 is 10.8. The lowest BCUT2D eigenvalue weighted by Gasteiger charge is -2.04. The summed E-state index contributed by atoms with van der Waals surface area (Å²) in [7, 11) is 0. The Morgan fingerprint density at radius 3 is 1.56 bits per heavy atom. The Hall–Kier alpha value is 0.170. The van der Waals surface area contributed by atoms with E-state index >= 15 is 0 Å². The first kappa shape index (κ1) is 16.2. The highest BCUT2D eigenvalue weighted by molar-refractivity contribution is 6.17. The number of aliphatic hydroxyl groups excluding tert-OH is 1. The average Bonchev–Trinajstić information content (AvgIpc) is 2.31. The van der Waals surface area contributed by atoms with Crippen LogP contribution >= 0.6 is 11.6 Å². The molecule has 1 N–H and O–H groups in total. The molecule has 0 aliphatic carbocycles. The van der Waals surface area contributed by atoms with E-state index < -0.39 is 0 Å². The molecular weight excluding hydrogens is 228 g/mol. The van der Waals surface area contributed by atoms with Gasteiger partial charge in [-0.25, -0.2) is 0 Å². The molecule has 98 valence electrons. The molecule has 0 heterocycles. The van der Waals surface area contributed by atoms with Gasteiger partial charge in [-0.2, -0.15) is 0 Å². The fourth-order valence-electron chi connectivity index (χ4n) is 1.23. The van der Waals surface area contributed by atoms with Crippen molar-refractivity contribution in [3.63, 3.8) is 0 Å².